The van der Waals surface area contributed by atoms with Crippen LogP contribution in [-0.2, 0) is 6.54 Å². The molecule has 0 bridgehead atoms. The van der Waals surface area contributed by atoms with E-state index >= 15 is 0 Å². The molecule has 3 aromatic rings. The van der Waals surface area contributed by atoms with Crippen LogP contribution in [0, 0.1) is 5.82 Å². The molecule has 1 heterocycles. The molecule has 0 amide bonds. The van der Waals surface area contributed by atoms with Gasteiger partial charge in [-0.25, -0.2) is 4.39 Å². The summed E-state index contributed by atoms with van der Waals surface area (Å²) >= 11 is 4.90. The van der Waals surface area contributed by atoms with Crippen LogP contribution < -0.4 is 5.32 Å². The molecule has 106 valence electrons. The predicted molar refractivity (Wildman–Crippen MR) is 91.2 cm³/mol. The molecular weight excluding hydrogens is 349 g/mol. The standard InChI is InChI=1S/C17H13BrFNS/c18-15-8-6-13(10-16(15)19)20-11-14-7-9-17(21-14)12-4-2-1-3-5-12/h1-10,20H,11H2. The monoisotopic (exact) mass is 361 g/mol. The number of thiophene rings is 1. The quantitative estimate of drug-likeness (QED) is 0.607. The van der Waals surface area contributed by atoms with E-state index in [1.165, 1.54) is 21.4 Å². The molecule has 2 aromatic carbocycles. The van der Waals surface area contributed by atoms with Gasteiger partial charge >= 0.3 is 0 Å². The fraction of sp³-hybridized carbons (Fsp3) is 0.0588. The van der Waals surface area contributed by atoms with Crippen LogP contribution >= 0.6 is 27.3 Å². The normalized spacial score (nSPS) is 10.6. The number of anilines is 1. The second-order valence-electron chi connectivity index (χ2n) is 4.61. The van der Waals surface area contributed by atoms with Crippen molar-refractivity contribution < 1.29 is 4.39 Å². The molecule has 0 saturated carbocycles. The third-order valence-corrected chi connectivity index (χ3v) is 4.88. The predicted octanol–water partition coefficient (Wildman–Crippen LogP) is 5.93. The minimum Gasteiger partial charge on any atom is -0.380 e. The number of benzene rings is 2. The van der Waals surface area contributed by atoms with E-state index in [9.17, 15) is 4.39 Å². The van der Waals surface area contributed by atoms with Gasteiger partial charge in [0.15, 0.2) is 0 Å². The summed E-state index contributed by atoms with van der Waals surface area (Å²) in [5.74, 6) is -0.254. The lowest BCUT2D eigenvalue weighted by molar-refractivity contribution is 0.621. The summed E-state index contributed by atoms with van der Waals surface area (Å²) < 4.78 is 13.9. The highest BCUT2D eigenvalue weighted by molar-refractivity contribution is 9.10. The Hall–Kier alpha value is -1.65. The van der Waals surface area contributed by atoms with Gasteiger partial charge in [0, 0.05) is 22.0 Å². The Balaban J connectivity index is 1.69. The average molecular weight is 362 g/mol. The van der Waals surface area contributed by atoms with Gasteiger partial charge in [-0.1, -0.05) is 30.3 Å². The summed E-state index contributed by atoms with van der Waals surface area (Å²) in [6, 6.07) is 19.6. The van der Waals surface area contributed by atoms with E-state index in [4.69, 9.17) is 0 Å². The van der Waals surface area contributed by atoms with Crippen molar-refractivity contribution in [1.82, 2.24) is 0 Å². The van der Waals surface area contributed by atoms with Gasteiger partial charge in [-0.05, 0) is 51.8 Å². The minimum absolute atomic E-state index is 0.254. The van der Waals surface area contributed by atoms with Crippen molar-refractivity contribution in [2.75, 3.05) is 5.32 Å². The molecule has 4 heteroatoms. The highest BCUT2D eigenvalue weighted by atomic mass is 79.9. The minimum atomic E-state index is -0.254. The third kappa shape index (κ3) is 3.52. The van der Waals surface area contributed by atoms with Gasteiger partial charge in [-0.15, -0.1) is 11.3 Å². The van der Waals surface area contributed by atoms with E-state index in [1.807, 2.05) is 24.3 Å². The summed E-state index contributed by atoms with van der Waals surface area (Å²) in [6.45, 7) is 0.693. The molecule has 0 aliphatic carbocycles. The Kier molecular flexibility index (Phi) is 4.36. The van der Waals surface area contributed by atoms with E-state index < -0.39 is 0 Å². The fourth-order valence-corrected chi connectivity index (χ4v) is 3.23. The van der Waals surface area contributed by atoms with E-state index in [1.54, 1.807) is 17.4 Å². The first-order valence-corrected chi connectivity index (χ1v) is 8.16. The van der Waals surface area contributed by atoms with Crippen molar-refractivity contribution >= 4 is 33.0 Å². The summed E-state index contributed by atoms with van der Waals surface area (Å²) in [5.41, 5.74) is 2.01. The van der Waals surface area contributed by atoms with Gasteiger partial charge in [0.2, 0.25) is 0 Å². The van der Waals surface area contributed by atoms with Crippen LogP contribution in [0.1, 0.15) is 4.88 Å². The Morgan fingerprint density at radius 1 is 1.00 bits per heavy atom. The highest BCUT2D eigenvalue weighted by Gasteiger charge is 2.04. The van der Waals surface area contributed by atoms with Gasteiger partial charge in [-0.2, -0.15) is 0 Å². The van der Waals surface area contributed by atoms with Crippen molar-refractivity contribution in [1.29, 1.82) is 0 Å². The van der Waals surface area contributed by atoms with Crippen LogP contribution in [0.2, 0.25) is 0 Å². The van der Waals surface area contributed by atoms with Crippen molar-refractivity contribution in [3.05, 3.63) is 75.8 Å². The van der Waals surface area contributed by atoms with Gasteiger partial charge in [-0.3, -0.25) is 0 Å². The fourth-order valence-electron chi connectivity index (χ4n) is 2.03. The number of rotatable bonds is 4. The number of nitrogens with one attached hydrogen (secondary N) is 1. The van der Waals surface area contributed by atoms with Gasteiger partial charge in [0.25, 0.3) is 0 Å². The molecule has 21 heavy (non-hydrogen) atoms. The summed E-state index contributed by atoms with van der Waals surface area (Å²) in [4.78, 5) is 2.46. The van der Waals surface area contributed by atoms with Crippen LogP contribution in [0.25, 0.3) is 10.4 Å². The Bertz CT molecular complexity index is 740. The van der Waals surface area contributed by atoms with Crippen LogP contribution in [0.3, 0.4) is 0 Å². The molecule has 0 fully saturated rings. The van der Waals surface area contributed by atoms with Crippen LogP contribution in [0.5, 0.6) is 0 Å². The molecule has 0 saturated heterocycles. The second kappa shape index (κ2) is 6.41. The first-order valence-electron chi connectivity index (χ1n) is 6.55. The zero-order valence-electron chi connectivity index (χ0n) is 11.1. The molecule has 1 N–H and O–H groups in total. The lowest BCUT2D eigenvalue weighted by Crippen LogP contribution is -1.97. The van der Waals surface area contributed by atoms with Gasteiger partial charge in [0.1, 0.15) is 5.82 Å². The molecule has 0 aliphatic heterocycles. The maximum Gasteiger partial charge on any atom is 0.139 e. The first kappa shape index (κ1) is 14.3. The molecule has 0 spiro atoms. The van der Waals surface area contributed by atoms with Crippen molar-refractivity contribution in [3.63, 3.8) is 0 Å². The summed E-state index contributed by atoms with van der Waals surface area (Å²) in [6.07, 6.45) is 0. The first-order chi connectivity index (χ1) is 10.2. The van der Waals surface area contributed by atoms with E-state index in [-0.39, 0.29) is 5.82 Å². The lowest BCUT2D eigenvalue weighted by atomic mass is 10.2. The lowest BCUT2D eigenvalue weighted by Gasteiger charge is -2.05. The Morgan fingerprint density at radius 3 is 2.57 bits per heavy atom. The molecule has 0 atom stereocenters. The molecule has 1 nitrogen and oxygen atoms in total. The van der Waals surface area contributed by atoms with Crippen LogP contribution in [0.15, 0.2) is 65.1 Å². The van der Waals surface area contributed by atoms with Crippen molar-refractivity contribution in [2.24, 2.45) is 0 Å². The third-order valence-electron chi connectivity index (χ3n) is 3.11. The number of halogens is 2. The van der Waals surface area contributed by atoms with Crippen molar-refractivity contribution in [2.45, 2.75) is 6.54 Å². The Morgan fingerprint density at radius 2 is 1.81 bits per heavy atom. The van der Waals surface area contributed by atoms with Crippen LogP contribution in [-0.4, -0.2) is 0 Å². The van der Waals surface area contributed by atoms with E-state index in [0.29, 0.717) is 11.0 Å². The Labute approximate surface area is 135 Å². The molecule has 3 rings (SSSR count). The number of hydrogen-bond donors (Lipinski definition) is 1. The number of hydrogen-bond acceptors (Lipinski definition) is 2. The molecular formula is C17H13BrFNS. The van der Waals surface area contributed by atoms with Gasteiger partial charge in [0.05, 0.1) is 4.47 Å². The second-order valence-corrected chi connectivity index (χ2v) is 6.64. The summed E-state index contributed by atoms with van der Waals surface area (Å²) in [7, 11) is 0. The smallest absolute Gasteiger partial charge is 0.139 e. The molecule has 0 radical (unpaired) electrons. The molecule has 0 aliphatic rings. The maximum atomic E-state index is 13.4. The highest BCUT2D eigenvalue weighted by Crippen LogP contribution is 2.28. The topological polar surface area (TPSA) is 12.0 Å². The SMILES string of the molecule is Fc1cc(NCc2ccc(-c3ccccc3)s2)ccc1Br. The largest absolute Gasteiger partial charge is 0.380 e. The molecule has 0 unspecified atom stereocenters. The zero-order valence-corrected chi connectivity index (χ0v) is 13.5. The summed E-state index contributed by atoms with van der Waals surface area (Å²) in [5, 5.41) is 3.24. The zero-order chi connectivity index (χ0) is 14.7. The van der Waals surface area contributed by atoms with Gasteiger partial charge < -0.3 is 5.32 Å². The maximum absolute atomic E-state index is 13.4. The average Bonchev–Trinajstić information content (AvgIpc) is 2.98. The van der Waals surface area contributed by atoms with Crippen molar-refractivity contribution in [3.8, 4) is 10.4 Å². The van der Waals surface area contributed by atoms with E-state index in [2.05, 4.69) is 45.5 Å². The van der Waals surface area contributed by atoms with Crippen LogP contribution in [0.4, 0.5) is 10.1 Å². The molecule has 1 aromatic heterocycles. The van der Waals surface area contributed by atoms with E-state index in [0.717, 1.165) is 5.69 Å².